The summed E-state index contributed by atoms with van der Waals surface area (Å²) in [5.74, 6) is -0.108. The maximum atomic E-state index is 13.7. The van der Waals surface area contributed by atoms with E-state index in [2.05, 4.69) is 5.32 Å². The molecule has 3 heteroatoms. The van der Waals surface area contributed by atoms with Gasteiger partial charge < -0.3 is 10.1 Å². The van der Waals surface area contributed by atoms with Crippen molar-refractivity contribution in [2.45, 2.75) is 31.9 Å². The standard InChI is InChI=1S/C13H18FNO/c1-16-9-10-4-5-11(13(14)7-10)8-12-3-2-6-15-12/h4-5,7,12,15H,2-3,6,8-9H2,1H3. The molecule has 0 aromatic heterocycles. The molecule has 0 saturated carbocycles. The molecule has 88 valence electrons. The lowest BCUT2D eigenvalue weighted by atomic mass is 10.0. The molecule has 1 fully saturated rings. The van der Waals surface area contributed by atoms with Gasteiger partial charge in [0, 0.05) is 13.2 Å². The van der Waals surface area contributed by atoms with Crippen LogP contribution < -0.4 is 5.32 Å². The van der Waals surface area contributed by atoms with E-state index in [0.717, 1.165) is 30.5 Å². The van der Waals surface area contributed by atoms with E-state index in [9.17, 15) is 4.39 Å². The lowest BCUT2D eigenvalue weighted by Crippen LogP contribution is -2.24. The molecule has 0 spiro atoms. The molecule has 0 amide bonds. The monoisotopic (exact) mass is 223 g/mol. The Kier molecular flexibility index (Phi) is 3.91. The van der Waals surface area contributed by atoms with E-state index in [0.29, 0.717) is 12.6 Å². The Balaban J connectivity index is 2.03. The molecule has 1 heterocycles. The summed E-state index contributed by atoms with van der Waals surface area (Å²) in [6.07, 6.45) is 3.15. The van der Waals surface area contributed by atoms with Crippen molar-refractivity contribution in [3.63, 3.8) is 0 Å². The summed E-state index contributed by atoms with van der Waals surface area (Å²) < 4.78 is 18.7. The van der Waals surface area contributed by atoms with E-state index in [1.54, 1.807) is 13.2 Å². The summed E-state index contributed by atoms with van der Waals surface area (Å²) in [6.45, 7) is 1.53. The van der Waals surface area contributed by atoms with Gasteiger partial charge >= 0.3 is 0 Å². The summed E-state index contributed by atoms with van der Waals surface area (Å²) in [5, 5.41) is 3.38. The lowest BCUT2D eigenvalue weighted by molar-refractivity contribution is 0.184. The molecule has 16 heavy (non-hydrogen) atoms. The fourth-order valence-corrected chi connectivity index (χ4v) is 2.21. The van der Waals surface area contributed by atoms with E-state index in [-0.39, 0.29) is 5.82 Å². The van der Waals surface area contributed by atoms with E-state index >= 15 is 0 Å². The first kappa shape index (κ1) is 11.6. The second-order valence-corrected chi connectivity index (χ2v) is 4.36. The van der Waals surface area contributed by atoms with E-state index in [1.807, 2.05) is 12.1 Å². The van der Waals surface area contributed by atoms with Crippen molar-refractivity contribution in [1.29, 1.82) is 0 Å². The van der Waals surface area contributed by atoms with Crippen molar-refractivity contribution in [1.82, 2.24) is 5.32 Å². The minimum Gasteiger partial charge on any atom is -0.380 e. The SMILES string of the molecule is COCc1ccc(CC2CCCN2)c(F)c1. The summed E-state index contributed by atoms with van der Waals surface area (Å²) in [7, 11) is 1.62. The molecule has 2 rings (SSSR count). The third kappa shape index (κ3) is 2.80. The third-order valence-corrected chi connectivity index (χ3v) is 3.06. The van der Waals surface area contributed by atoms with Gasteiger partial charge in [-0.3, -0.25) is 0 Å². The summed E-state index contributed by atoms with van der Waals surface area (Å²) in [4.78, 5) is 0. The lowest BCUT2D eigenvalue weighted by Gasteiger charge is -2.11. The molecule has 0 radical (unpaired) electrons. The Morgan fingerprint density at radius 1 is 1.50 bits per heavy atom. The van der Waals surface area contributed by atoms with Gasteiger partial charge in [-0.2, -0.15) is 0 Å². The maximum absolute atomic E-state index is 13.7. The van der Waals surface area contributed by atoms with Gasteiger partial charge in [0.05, 0.1) is 6.61 Å². The van der Waals surface area contributed by atoms with Crippen molar-refractivity contribution in [2.75, 3.05) is 13.7 Å². The fourth-order valence-electron chi connectivity index (χ4n) is 2.21. The molecule has 1 unspecified atom stereocenters. The minimum absolute atomic E-state index is 0.108. The second-order valence-electron chi connectivity index (χ2n) is 4.36. The molecular formula is C13H18FNO. The van der Waals surface area contributed by atoms with Gasteiger partial charge in [-0.15, -0.1) is 0 Å². The van der Waals surface area contributed by atoms with Crippen LogP contribution in [-0.2, 0) is 17.8 Å². The van der Waals surface area contributed by atoms with Crippen LogP contribution >= 0.6 is 0 Å². The smallest absolute Gasteiger partial charge is 0.126 e. The van der Waals surface area contributed by atoms with Crippen LogP contribution in [0.3, 0.4) is 0 Å². The van der Waals surface area contributed by atoms with Gasteiger partial charge in [0.15, 0.2) is 0 Å². The van der Waals surface area contributed by atoms with Crippen molar-refractivity contribution in [3.05, 3.63) is 35.1 Å². The highest BCUT2D eigenvalue weighted by Gasteiger charge is 2.16. The fraction of sp³-hybridized carbons (Fsp3) is 0.538. The van der Waals surface area contributed by atoms with Crippen LogP contribution in [0, 0.1) is 5.82 Å². The Morgan fingerprint density at radius 3 is 3.00 bits per heavy atom. The quantitative estimate of drug-likeness (QED) is 0.845. The highest BCUT2D eigenvalue weighted by atomic mass is 19.1. The van der Waals surface area contributed by atoms with Gasteiger partial charge in [0.1, 0.15) is 5.82 Å². The zero-order valence-corrected chi connectivity index (χ0v) is 9.63. The Labute approximate surface area is 95.8 Å². The van der Waals surface area contributed by atoms with Crippen molar-refractivity contribution in [3.8, 4) is 0 Å². The molecule has 1 aliphatic heterocycles. The molecular weight excluding hydrogens is 205 g/mol. The van der Waals surface area contributed by atoms with Crippen molar-refractivity contribution >= 4 is 0 Å². The first-order valence-corrected chi connectivity index (χ1v) is 5.79. The number of hydrogen-bond acceptors (Lipinski definition) is 2. The number of ether oxygens (including phenoxy) is 1. The maximum Gasteiger partial charge on any atom is 0.126 e. The summed E-state index contributed by atoms with van der Waals surface area (Å²) >= 11 is 0. The van der Waals surface area contributed by atoms with E-state index in [4.69, 9.17) is 4.74 Å². The summed E-state index contributed by atoms with van der Waals surface area (Å²) in [6, 6.07) is 5.84. The molecule has 1 aromatic rings. The zero-order chi connectivity index (χ0) is 11.4. The van der Waals surface area contributed by atoms with Crippen molar-refractivity contribution < 1.29 is 9.13 Å². The number of methoxy groups -OCH3 is 1. The van der Waals surface area contributed by atoms with Gasteiger partial charge in [-0.05, 0) is 43.0 Å². The normalized spacial score (nSPS) is 20.2. The van der Waals surface area contributed by atoms with Crippen LogP contribution in [0.1, 0.15) is 24.0 Å². The number of benzene rings is 1. The van der Waals surface area contributed by atoms with Gasteiger partial charge in [0.2, 0.25) is 0 Å². The first-order valence-electron chi connectivity index (χ1n) is 5.79. The molecule has 1 aliphatic rings. The third-order valence-electron chi connectivity index (χ3n) is 3.06. The van der Waals surface area contributed by atoms with Crippen LogP contribution in [0.5, 0.6) is 0 Å². The zero-order valence-electron chi connectivity index (χ0n) is 9.63. The van der Waals surface area contributed by atoms with Crippen LogP contribution in [0.15, 0.2) is 18.2 Å². The van der Waals surface area contributed by atoms with Crippen molar-refractivity contribution in [2.24, 2.45) is 0 Å². The number of hydrogen-bond donors (Lipinski definition) is 1. The molecule has 2 nitrogen and oxygen atoms in total. The minimum atomic E-state index is -0.108. The van der Waals surface area contributed by atoms with Gasteiger partial charge in [-0.1, -0.05) is 12.1 Å². The molecule has 1 saturated heterocycles. The molecule has 1 N–H and O–H groups in total. The largest absolute Gasteiger partial charge is 0.380 e. The Morgan fingerprint density at radius 2 is 2.38 bits per heavy atom. The predicted molar refractivity (Wildman–Crippen MR) is 61.8 cm³/mol. The van der Waals surface area contributed by atoms with Crippen LogP contribution in [0.4, 0.5) is 4.39 Å². The first-order chi connectivity index (χ1) is 7.79. The number of halogens is 1. The van der Waals surface area contributed by atoms with Crippen LogP contribution in [0.25, 0.3) is 0 Å². The topological polar surface area (TPSA) is 21.3 Å². The van der Waals surface area contributed by atoms with E-state index < -0.39 is 0 Å². The average Bonchev–Trinajstić information content (AvgIpc) is 2.75. The molecule has 1 atom stereocenters. The van der Waals surface area contributed by atoms with Crippen LogP contribution in [-0.4, -0.2) is 19.7 Å². The predicted octanol–water partition coefficient (Wildman–Crippen LogP) is 2.27. The summed E-state index contributed by atoms with van der Waals surface area (Å²) in [5.41, 5.74) is 1.70. The van der Waals surface area contributed by atoms with E-state index in [1.165, 1.54) is 6.42 Å². The average molecular weight is 223 g/mol. The van der Waals surface area contributed by atoms with Crippen LogP contribution in [0.2, 0.25) is 0 Å². The molecule has 0 aliphatic carbocycles. The molecule has 1 aromatic carbocycles. The number of nitrogens with one attached hydrogen (secondary N) is 1. The Hall–Kier alpha value is -0.930. The number of rotatable bonds is 4. The highest BCUT2D eigenvalue weighted by Crippen LogP contribution is 2.16. The molecule has 0 bridgehead atoms. The van der Waals surface area contributed by atoms with Gasteiger partial charge in [0.25, 0.3) is 0 Å². The highest BCUT2D eigenvalue weighted by molar-refractivity contribution is 5.25. The second kappa shape index (κ2) is 5.41. The van der Waals surface area contributed by atoms with Gasteiger partial charge in [-0.25, -0.2) is 4.39 Å². The Bertz CT molecular complexity index is 348.